The molecule has 0 aromatic heterocycles. The van der Waals surface area contributed by atoms with Gasteiger partial charge in [-0.15, -0.1) is 0 Å². The number of phenolic OH excluding ortho intramolecular Hbond substituents is 5. The summed E-state index contributed by atoms with van der Waals surface area (Å²) in [6.07, 6.45) is -3.96. The highest BCUT2D eigenvalue weighted by molar-refractivity contribution is 5.90. The molecule has 59 heavy (non-hydrogen) atoms. The molecule has 2 heterocycles. The monoisotopic (exact) mass is 832 g/mol. The topological polar surface area (TPSA) is 303 Å². The second-order valence-electron chi connectivity index (χ2n) is 13.2. The normalized spacial score (nSPS) is 23.0. The lowest BCUT2D eigenvalue weighted by molar-refractivity contribution is -0.352. The van der Waals surface area contributed by atoms with Crippen molar-refractivity contribution < 1.29 is 89.4 Å². The van der Waals surface area contributed by atoms with Gasteiger partial charge in [0, 0.05) is 31.1 Å². The third-order valence-electron chi connectivity index (χ3n) is 9.14. The molecule has 2 aliphatic rings. The zero-order valence-corrected chi connectivity index (χ0v) is 32.4. The maximum Gasteiger partial charge on any atom is 0.337 e. The molecule has 7 atom stereocenters. The predicted molar refractivity (Wildman–Crippen MR) is 205 cm³/mol. The van der Waals surface area contributed by atoms with Crippen LogP contribution in [0.5, 0.6) is 28.7 Å². The van der Waals surface area contributed by atoms with Crippen LogP contribution in [0.1, 0.15) is 30.0 Å². The molecule has 0 amide bonds. The van der Waals surface area contributed by atoms with E-state index in [2.05, 4.69) is 0 Å². The Balaban J connectivity index is 0.000000357. The van der Waals surface area contributed by atoms with Crippen LogP contribution in [0.4, 0.5) is 0 Å². The highest BCUT2D eigenvalue weighted by atomic mass is 16.8. The van der Waals surface area contributed by atoms with E-state index in [4.69, 9.17) is 49.2 Å². The van der Waals surface area contributed by atoms with Gasteiger partial charge in [-0.1, -0.05) is 30.3 Å². The summed E-state index contributed by atoms with van der Waals surface area (Å²) in [4.78, 5) is 25.1. The number of ether oxygens (including phenoxy) is 5. The molecule has 0 bridgehead atoms. The number of benzene rings is 3. The minimum absolute atomic E-state index is 0.0135. The summed E-state index contributed by atoms with van der Waals surface area (Å²) < 4.78 is 26.6. The maximum atomic E-state index is 12.7. The van der Waals surface area contributed by atoms with Gasteiger partial charge in [0.25, 0.3) is 0 Å². The van der Waals surface area contributed by atoms with Crippen molar-refractivity contribution >= 4 is 11.9 Å². The minimum Gasteiger partial charge on any atom is -0.508 e. The van der Waals surface area contributed by atoms with Crippen molar-refractivity contribution in [3.8, 4) is 28.7 Å². The molecule has 2 aliphatic heterocycles. The number of hydrogen-bond acceptors (Lipinski definition) is 18. The van der Waals surface area contributed by atoms with Crippen LogP contribution in [0.3, 0.4) is 0 Å². The maximum absolute atomic E-state index is 12.7. The Bertz CT molecular complexity index is 1840. The summed E-state index contributed by atoms with van der Waals surface area (Å²) in [6, 6.07) is 15.6. The molecule has 3 unspecified atom stereocenters. The van der Waals surface area contributed by atoms with Crippen LogP contribution in [0.2, 0.25) is 0 Å². The van der Waals surface area contributed by atoms with Crippen LogP contribution in [0.15, 0.2) is 84.1 Å². The van der Waals surface area contributed by atoms with Gasteiger partial charge in [-0.25, -0.2) is 4.79 Å². The van der Waals surface area contributed by atoms with Crippen molar-refractivity contribution in [1.29, 1.82) is 0 Å². The molecular weight excluding hydrogens is 780 g/mol. The molecule has 18 nitrogen and oxygen atoms in total. The van der Waals surface area contributed by atoms with Crippen LogP contribution in [-0.2, 0) is 52.5 Å². The summed E-state index contributed by atoms with van der Waals surface area (Å²) in [5.74, 6) is -4.03. The van der Waals surface area contributed by atoms with Crippen LogP contribution in [0, 0.1) is 11.8 Å². The zero-order chi connectivity index (χ0) is 43.6. The smallest absolute Gasteiger partial charge is 0.337 e. The molecule has 0 spiro atoms. The van der Waals surface area contributed by atoms with Crippen LogP contribution in [-0.4, -0.2) is 133 Å². The molecule has 3 aromatic carbocycles. The van der Waals surface area contributed by atoms with E-state index in [9.17, 15) is 40.2 Å². The minimum atomic E-state index is -1.79. The van der Waals surface area contributed by atoms with E-state index in [1.165, 1.54) is 31.4 Å². The average Bonchev–Trinajstić information content (AvgIpc) is 3.21. The first kappa shape index (κ1) is 47.9. The third-order valence-corrected chi connectivity index (χ3v) is 9.14. The lowest BCUT2D eigenvalue weighted by atomic mass is 9.86. The van der Waals surface area contributed by atoms with E-state index in [0.717, 1.165) is 17.4 Å². The first-order chi connectivity index (χ1) is 28.2. The number of aliphatic hydroxyl groups is 6. The number of hydrogen-bond donors (Lipinski definition) is 11. The Kier molecular flexibility index (Phi) is 19.4. The van der Waals surface area contributed by atoms with Crippen molar-refractivity contribution in [2.75, 3.05) is 33.5 Å². The Hall–Kier alpha value is -5.44. The second-order valence-corrected chi connectivity index (χ2v) is 13.2. The van der Waals surface area contributed by atoms with Crippen LogP contribution >= 0.6 is 0 Å². The Morgan fingerprint density at radius 2 is 1.31 bits per heavy atom. The fourth-order valence-corrected chi connectivity index (χ4v) is 5.85. The van der Waals surface area contributed by atoms with Crippen molar-refractivity contribution in [2.45, 2.75) is 63.7 Å². The number of rotatable bonds is 13. The van der Waals surface area contributed by atoms with Gasteiger partial charge in [0.1, 0.15) is 11.9 Å². The highest BCUT2D eigenvalue weighted by Gasteiger charge is 2.47. The number of allylic oxidation sites excluding steroid dienone is 1. The standard InChI is InChI=1S/C25H32O13.C8H10O3.C8H10O2/c1-3-13-14(9-19(29)35-7-6-12-4-5-17(27)18(28)8-12)16(22(32)34-2)11-36-24(13)38-25-15(10-26)20(30)21(31)23(33)37-25;9-4-3-6-1-2-7(10)8(11)5-6;9-6-5-7-1-3-8(10)4-2-7/h3-5,8,11,14-15,20-21,23-28,30-31,33H,6-7,9-10H2,1-2H3;1-2,5,9-11H,3-4H2;1-4,9-10H,5-6H2/b13-3-;;/t14?,15-,20-,21+,23+,24?,25?;;/m1../s1. The molecule has 3 aromatic rings. The number of aromatic hydroxyl groups is 5. The second kappa shape index (κ2) is 23.8. The van der Waals surface area contributed by atoms with Gasteiger partial charge < -0.3 is 79.9 Å². The average molecular weight is 833 g/mol. The lowest BCUT2D eigenvalue weighted by Gasteiger charge is -2.42. The number of esters is 2. The van der Waals surface area contributed by atoms with Crippen LogP contribution < -0.4 is 0 Å². The molecule has 1 saturated heterocycles. The zero-order valence-electron chi connectivity index (χ0n) is 32.4. The molecular formula is C41H52O18. The summed E-state index contributed by atoms with van der Waals surface area (Å²) in [5, 5.41) is 102. The number of phenols is 5. The van der Waals surface area contributed by atoms with Gasteiger partial charge in [-0.3, -0.25) is 4.79 Å². The highest BCUT2D eigenvalue weighted by Crippen LogP contribution is 2.37. The Morgan fingerprint density at radius 3 is 1.83 bits per heavy atom. The number of carbonyl (C=O) groups excluding carboxylic acids is 2. The van der Waals surface area contributed by atoms with Gasteiger partial charge in [0.15, 0.2) is 35.6 Å². The Labute approximate surface area is 339 Å². The first-order valence-electron chi connectivity index (χ1n) is 18.4. The number of aliphatic hydroxyl groups excluding tert-OH is 6. The molecule has 5 rings (SSSR count). The quantitative estimate of drug-likeness (QED) is 0.0653. The van der Waals surface area contributed by atoms with Crippen molar-refractivity contribution in [2.24, 2.45) is 11.8 Å². The number of carbonyl (C=O) groups is 2. The van der Waals surface area contributed by atoms with Gasteiger partial charge in [-0.2, -0.15) is 0 Å². The van der Waals surface area contributed by atoms with E-state index >= 15 is 0 Å². The molecule has 324 valence electrons. The predicted octanol–water partition coefficient (Wildman–Crippen LogP) is 1.13. The molecule has 18 heteroatoms. The largest absolute Gasteiger partial charge is 0.508 e. The molecule has 11 N–H and O–H groups in total. The Morgan fingerprint density at radius 1 is 0.746 bits per heavy atom. The summed E-state index contributed by atoms with van der Waals surface area (Å²) in [7, 11) is 1.17. The molecule has 0 saturated carbocycles. The van der Waals surface area contributed by atoms with Gasteiger partial charge in [0.05, 0.1) is 50.6 Å². The van der Waals surface area contributed by atoms with Gasteiger partial charge >= 0.3 is 11.9 Å². The van der Waals surface area contributed by atoms with Crippen molar-refractivity contribution in [3.05, 3.63) is 101 Å². The van der Waals surface area contributed by atoms with Crippen LogP contribution in [0.25, 0.3) is 0 Å². The number of methoxy groups -OCH3 is 1. The SMILES string of the molecule is C/C=C1\C(OC2O[C@H](O)[C@@H](O)[C@H](O)[C@H]2CO)OC=C(C(=O)OC)C1CC(=O)OCCc1ccc(O)c(O)c1.OCCc1ccc(O)c(O)c1.OCCc1ccc(O)cc1. The fraction of sp³-hybridized carbons (Fsp3) is 0.415. The van der Waals surface area contributed by atoms with Crippen molar-refractivity contribution in [1.82, 2.24) is 0 Å². The van der Waals surface area contributed by atoms with E-state index in [0.29, 0.717) is 24.0 Å². The van der Waals surface area contributed by atoms with Crippen molar-refractivity contribution in [3.63, 3.8) is 0 Å². The van der Waals surface area contributed by atoms with E-state index < -0.39 is 61.5 Å². The van der Waals surface area contributed by atoms with E-state index in [-0.39, 0.29) is 67.0 Å². The van der Waals surface area contributed by atoms with E-state index in [1.807, 2.05) is 0 Å². The summed E-state index contributed by atoms with van der Waals surface area (Å²) >= 11 is 0. The summed E-state index contributed by atoms with van der Waals surface area (Å²) in [5.41, 5.74) is 2.80. The molecule has 1 fully saturated rings. The molecule has 0 aliphatic carbocycles. The first-order valence-corrected chi connectivity index (χ1v) is 18.4. The van der Waals surface area contributed by atoms with E-state index in [1.54, 1.807) is 49.4 Å². The summed E-state index contributed by atoms with van der Waals surface area (Å²) in [6.45, 7) is 1.13. The van der Waals surface area contributed by atoms with Gasteiger partial charge in [-0.05, 0) is 72.9 Å². The third kappa shape index (κ3) is 14.1. The van der Waals surface area contributed by atoms with Gasteiger partial charge in [0.2, 0.25) is 6.29 Å². The lowest BCUT2D eigenvalue weighted by Crippen LogP contribution is -2.57. The fourth-order valence-electron chi connectivity index (χ4n) is 5.85. The molecule has 0 radical (unpaired) electrons.